The number of carbonyl (C=O) groups is 2. The van der Waals surface area contributed by atoms with E-state index in [-0.39, 0.29) is 11.5 Å². The Labute approximate surface area is 142 Å². The van der Waals surface area contributed by atoms with E-state index < -0.39 is 48.7 Å². The number of hydrogen-bond donors (Lipinski definition) is 5. The number of rotatable bonds is 4. The second-order valence-electron chi connectivity index (χ2n) is 5.84. The Bertz CT molecular complexity index is 699. The predicted octanol–water partition coefficient (Wildman–Crippen LogP) is -1.98. The SMILES string of the molecule is O=C(/C=C/c1ccc(O)c(O)c1)O[C@@H]1C[C@@](O)(C(=O)[O-])C[C@H](O)[C@@H]1O. The monoisotopic (exact) mass is 353 g/mol. The molecule has 1 fully saturated rings. The molecule has 25 heavy (non-hydrogen) atoms. The molecule has 0 amide bonds. The Kier molecular flexibility index (Phi) is 5.31. The van der Waals surface area contributed by atoms with Crippen LogP contribution in [0, 0.1) is 0 Å². The van der Waals surface area contributed by atoms with E-state index in [4.69, 9.17) is 4.74 Å². The van der Waals surface area contributed by atoms with Crippen molar-refractivity contribution in [1.82, 2.24) is 0 Å². The largest absolute Gasteiger partial charge is 0.547 e. The molecule has 0 spiro atoms. The van der Waals surface area contributed by atoms with Crippen LogP contribution in [0.3, 0.4) is 0 Å². The number of carboxylic acid groups (broad SMARTS) is 1. The van der Waals surface area contributed by atoms with Crippen LogP contribution in [0.1, 0.15) is 18.4 Å². The van der Waals surface area contributed by atoms with Crippen LogP contribution in [0.5, 0.6) is 11.5 Å². The lowest BCUT2D eigenvalue weighted by Crippen LogP contribution is -2.60. The predicted molar refractivity (Wildman–Crippen MR) is 79.9 cm³/mol. The third-order valence-corrected chi connectivity index (χ3v) is 3.92. The molecule has 0 bridgehead atoms. The van der Waals surface area contributed by atoms with Crippen molar-refractivity contribution in [2.75, 3.05) is 0 Å². The maximum Gasteiger partial charge on any atom is 0.331 e. The number of aliphatic hydroxyl groups is 3. The van der Waals surface area contributed by atoms with Crippen molar-refractivity contribution in [3.8, 4) is 11.5 Å². The Balaban J connectivity index is 2.06. The zero-order valence-corrected chi connectivity index (χ0v) is 12.9. The molecule has 2 rings (SSSR count). The molecule has 1 saturated carbocycles. The van der Waals surface area contributed by atoms with Crippen LogP contribution in [-0.4, -0.2) is 61.4 Å². The number of carboxylic acids is 1. The van der Waals surface area contributed by atoms with Crippen LogP contribution in [0.15, 0.2) is 24.3 Å². The quantitative estimate of drug-likeness (QED) is 0.234. The molecule has 0 saturated heterocycles. The average Bonchev–Trinajstić information content (AvgIpc) is 2.53. The number of aromatic hydroxyl groups is 2. The van der Waals surface area contributed by atoms with Gasteiger partial charge in [-0.05, 0) is 23.8 Å². The highest BCUT2D eigenvalue weighted by Crippen LogP contribution is 2.31. The summed E-state index contributed by atoms with van der Waals surface area (Å²) < 4.78 is 4.90. The maximum atomic E-state index is 11.8. The molecule has 4 atom stereocenters. The van der Waals surface area contributed by atoms with Crippen molar-refractivity contribution in [3.05, 3.63) is 29.8 Å². The van der Waals surface area contributed by atoms with Gasteiger partial charge in [-0.15, -0.1) is 0 Å². The molecule has 9 heteroatoms. The summed E-state index contributed by atoms with van der Waals surface area (Å²) in [7, 11) is 0. The van der Waals surface area contributed by atoms with Gasteiger partial charge in [0.25, 0.3) is 0 Å². The summed E-state index contributed by atoms with van der Waals surface area (Å²) in [5.41, 5.74) is -2.06. The molecule has 0 unspecified atom stereocenters. The minimum Gasteiger partial charge on any atom is -0.547 e. The lowest BCUT2D eigenvalue weighted by Gasteiger charge is -2.41. The van der Waals surface area contributed by atoms with Crippen molar-refractivity contribution < 1.29 is 45.0 Å². The van der Waals surface area contributed by atoms with Crippen molar-refractivity contribution in [2.24, 2.45) is 0 Å². The van der Waals surface area contributed by atoms with Crippen LogP contribution >= 0.6 is 0 Å². The van der Waals surface area contributed by atoms with E-state index in [2.05, 4.69) is 0 Å². The van der Waals surface area contributed by atoms with E-state index in [1.807, 2.05) is 0 Å². The summed E-state index contributed by atoms with van der Waals surface area (Å²) >= 11 is 0. The fraction of sp³-hybridized carbons (Fsp3) is 0.375. The second-order valence-corrected chi connectivity index (χ2v) is 5.84. The highest BCUT2D eigenvalue weighted by molar-refractivity contribution is 5.87. The number of esters is 1. The lowest BCUT2D eigenvalue weighted by atomic mass is 9.79. The zero-order valence-electron chi connectivity index (χ0n) is 12.9. The molecular formula is C16H17O9-. The first kappa shape index (κ1) is 18.7. The number of ether oxygens (including phenoxy) is 1. The fourth-order valence-electron chi connectivity index (χ4n) is 2.53. The van der Waals surface area contributed by atoms with E-state index in [0.29, 0.717) is 5.56 Å². The number of aliphatic hydroxyl groups excluding tert-OH is 2. The normalized spacial score (nSPS) is 29.5. The first-order valence-corrected chi connectivity index (χ1v) is 7.33. The minimum absolute atomic E-state index is 0.333. The third kappa shape index (κ3) is 4.27. The molecule has 1 aliphatic rings. The summed E-state index contributed by atoms with van der Waals surface area (Å²) in [6.45, 7) is 0. The smallest absolute Gasteiger partial charge is 0.331 e. The summed E-state index contributed by atoms with van der Waals surface area (Å²) in [6.07, 6.45) is -3.70. The summed E-state index contributed by atoms with van der Waals surface area (Å²) in [5.74, 6) is -3.53. The molecule has 1 aromatic carbocycles. The first-order valence-electron chi connectivity index (χ1n) is 7.33. The van der Waals surface area contributed by atoms with Gasteiger partial charge in [0.1, 0.15) is 17.8 Å². The van der Waals surface area contributed by atoms with Gasteiger partial charge in [0, 0.05) is 18.9 Å². The summed E-state index contributed by atoms with van der Waals surface area (Å²) in [5, 5.41) is 58.9. The maximum absolute atomic E-state index is 11.8. The topological polar surface area (TPSA) is 168 Å². The fourth-order valence-corrected chi connectivity index (χ4v) is 2.53. The van der Waals surface area contributed by atoms with Gasteiger partial charge < -0.3 is 40.2 Å². The first-order chi connectivity index (χ1) is 11.6. The third-order valence-electron chi connectivity index (χ3n) is 3.92. The van der Waals surface area contributed by atoms with Crippen LogP contribution in [-0.2, 0) is 14.3 Å². The molecule has 9 nitrogen and oxygen atoms in total. The van der Waals surface area contributed by atoms with Gasteiger partial charge in [-0.3, -0.25) is 0 Å². The van der Waals surface area contributed by atoms with Crippen molar-refractivity contribution in [3.63, 3.8) is 0 Å². The molecule has 1 aromatic rings. The molecule has 0 heterocycles. The second kappa shape index (κ2) is 7.09. The van der Waals surface area contributed by atoms with Gasteiger partial charge in [0.05, 0.1) is 12.1 Å². The lowest BCUT2D eigenvalue weighted by molar-refractivity contribution is -0.331. The summed E-state index contributed by atoms with van der Waals surface area (Å²) in [4.78, 5) is 22.8. The Morgan fingerprint density at radius 2 is 1.88 bits per heavy atom. The van der Waals surface area contributed by atoms with Crippen LogP contribution in [0.4, 0.5) is 0 Å². The van der Waals surface area contributed by atoms with E-state index >= 15 is 0 Å². The number of carbonyl (C=O) groups excluding carboxylic acids is 2. The van der Waals surface area contributed by atoms with Gasteiger partial charge in [-0.1, -0.05) is 6.07 Å². The highest BCUT2D eigenvalue weighted by Gasteiger charge is 2.46. The Morgan fingerprint density at radius 1 is 1.20 bits per heavy atom. The van der Waals surface area contributed by atoms with Crippen LogP contribution in [0.25, 0.3) is 6.08 Å². The van der Waals surface area contributed by atoms with Crippen LogP contribution in [0.2, 0.25) is 0 Å². The van der Waals surface area contributed by atoms with Crippen molar-refractivity contribution >= 4 is 18.0 Å². The summed E-state index contributed by atoms with van der Waals surface area (Å²) in [6, 6.07) is 3.81. The number of phenolic OH excluding ortho intramolecular Hbond substituents is 2. The van der Waals surface area contributed by atoms with Gasteiger partial charge in [0.15, 0.2) is 11.5 Å². The Morgan fingerprint density at radius 3 is 2.48 bits per heavy atom. The van der Waals surface area contributed by atoms with Crippen molar-refractivity contribution in [2.45, 2.75) is 36.8 Å². The molecule has 0 aliphatic heterocycles. The molecule has 0 aromatic heterocycles. The molecule has 1 aliphatic carbocycles. The van der Waals surface area contributed by atoms with Gasteiger partial charge in [-0.25, -0.2) is 4.79 Å². The minimum atomic E-state index is -2.42. The number of phenols is 2. The van der Waals surface area contributed by atoms with Crippen LogP contribution < -0.4 is 5.11 Å². The van der Waals surface area contributed by atoms with E-state index in [1.54, 1.807) is 0 Å². The molecular weight excluding hydrogens is 336 g/mol. The van der Waals surface area contributed by atoms with Gasteiger partial charge in [0.2, 0.25) is 0 Å². The number of aliphatic carboxylic acids is 1. The molecule has 5 N–H and O–H groups in total. The number of hydrogen-bond acceptors (Lipinski definition) is 9. The van der Waals surface area contributed by atoms with E-state index in [9.17, 15) is 40.2 Å². The molecule has 0 radical (unpaired) electrons. The average molecular weight is 353 g/mol. The van der Waals surface area contributed by atoms with Gasteiger partial charge >= 0.3 is 5.97 Å². The van der Waals surface area contributed by atoms with Gasteiger partial charge in [-0.2, -0.15) is 0 Å². The van der Waals surface area contributed by atoms with Crippen molar-refractivity contribution in [1.29, 1.82) is 0 Å². The zero-order chi connectivity index (χ0) is 18.8. The number of benzene rings is 1. The van der Waals surface area contributed by atoms with E-state index in [1.165, 1.54) is 24.3 Å². The Hall–Kier alpha value is -2.62. The molecule has 136 valence electrons. The standard InChI is InChI=1S/C16H18O9/c17-9-3-1-8(5-10(9)18)2-4-13(20)25-12-7-16(24,15(22)23)6-11(19)14(12)21/h1-5,11-12,14,17-19,21,24H,6-7H2,(H,22,23)/p-1/b4-2+/t11-,12+,14-,16+/m0/s1. The van der Waals surface area contributed by atoms with E-state index in [0.717, 1.165) is 6.08 Å². The highest BCUT2D eigenvalue weighted by atomic mass is 16.6.